The van der Waals surface area contributed by atoms with Crippen molar-refractivity contribution in [2.75, 3.05) is 25.0 Å². The van der Waals surface area contributed by atoms with Gasteiger partial charge in [0.2, 0.25) is 0 Å². The van der Waals surface area contributed by atoms with E-state index in [4.69, 9.17) is 5.26 Å². The molecule has 27 heavy (non-hydrogen) atoms. The highest BCUT2D eigenvalue weighted by Crippen LogP contribution is 2.27. The van der Waals surface area contributed by atoms with E-state index in [1.54, 1.807) is 12.1 Å². The van der Waals surface area contributed by atoms with Crippen molar-refractivity contribution < 1.29 is 9.72 Å². The van der Waals surface area contributed by atoms with Crippen LogP contribution in [-0.2, 0) is 0 Å². The van der Waals surface area contributed by atoms with Gasteiger partial charge in [0.05, 0.1) is 16.6 Å². The number of carbonyl (C=O) groups is 1. The fourth-order valence-corrected chi connectivity index (χ4v) is 3.26. The van der Waals surface area contributed by atoms with E-state index in [0.717, 1.165) is 12.8 Å². The number of anilines is 1. The lowest BCUT2D eigenvalue weighted by atomic mass is 9.96. The van der Waals surface area contributed by atoms with Crippen molar-refractivity contribution >= 4 is 17.3 Å². The van der Waals surface area contributed by atoms with Gasteiger partial charge in [0.15, 0.2) is 0 Å². The molecule has 0 unspecified atom stereocenters. The molecule has 0 atom stereocenters. The smallest absolute Gasteiger partial charge is 0.293 e. The van der Waals surface area contributed by atoms with Gasteiger partial charge in [-0.25, -0.2) is 0 Å². The van der Waals surface area contributed by atoms with Gasteiger partial charge in [0.25, 0.3) is 11.6 Å². The molecule has 1 amide bonds. The Labute approximate surface area is 157 Å². The summed E-state index contributed by atoms with van der Waals surface area (Å²) in [6.45, 7) is 1.95. The van der Waals surface area contributed by atoms with Gasteiger partial charge >= 0.3 is 0 Å². The second kappa shape index (κ2) is 8.32. The van der Waals surface area contributed by atoms with Gasteiger partial charge in [0.1, 0.15) is 5.69 Å². The molecule has 1 saturated heterocycles. The number of nitro benzene ring substituents is 1. The Morgan fingerprint density at radius 3 is 2.56 bits per heavy atom. The van der Waals surface area contributed by atoms with Crippen LogP contribution in [-0.4, -0.2) is 35.4 Å². The lowest BCUT2D eigenvalue weighted by molar-refractivity contribution is -0.384. The number of piperidine rings is 1. The van der Waals surface area contributed by atoms with Gasteiger partial charge in [-0.3, -0.25) is 14.9 Å². The van der Waals surface area contributed by atoms with E-state index in [2.05, 4.69) is 5.32 Å². The molecule has 2 aromatic carbocycles. The number of benzene rings is 2. The SMILES string of the molecule is N#Cc1ccc(NCC2CCN(C(=O)c3ccccc3)CC2)c([N+](=O)[O-])c1. The molecule has 0 spiro atoms. The first-order chi connectivity index (χ1) is 13.1. The molecule has 138 valence electrons. The van der Waals surface area contributed by atoms with Gasteiger partial charge in [-0.15, -0.1) is 0 Å². The predicted molar refractivity (Wildman–Crippen MR) is 101 cm³/mol. The van der Waals surface area contributed by atoms with Crippen LogP contribution in [0.2, 0.25) is 0 Å². The average Bonchev–Trinajstić information content (AvgIpc) is 2.72. The number of nitro groups is 1. The molecule has 2 aromatic rings. The summed E-state index contributed by atoms with van der Waals surface area (Å²) in [6, 6.07) is 15.6. The highest BCUT2D eigenvalue weighted by atomic mass is 16.6. The van der Waals surface area contributed by atoms with Crippen LogP contribution >= 0.6 is 0 Å². The molecular formula is C20H20N4O3. The topological polar surface area (TPSA) is 99.3 Å². The van der Waals surface area contributed by atoms with Crippen molar-refractivity contribution in [1.29, 1.82) is 5.26 Å². The molecule has 0 radical (unpaired) electrons. The average molecular weight is 364 g/mol. The first kappa shape index (κ1) is 18.4. The Morgan fingerprint density at radius 1 is 1.22 bits per heavy atom. The molecule has 7 heteroatoms. The summed E-state index contributed by atoms with van der Waals surface area (Å²) in [4.78, 5) is 25.1. The van der Waals surface area contributed by atoms with Crippen molar-refractivity contribution in [3.63, 3.8) is 0 Å². The zero-order valence-corrected chi connectivity index (χ0v) is 14.8. The van der Waals surface area contributed by atoms with Gasteiger partial charge in [-0.2, -0.15) is 5.26 Å². The third-order valence-electron chi connectivity index (χ3n) is 4.83. The lowest BCUT2D eigenvalue weighted by Crippen LogP contribution is -2.39. The molecule has 1 aliphatic rings. The summed E-state index contributed by atoms with van der Waals surface area (Å²) in [5, 5.41) is 23.2. The van der Waals surface area contributed by atoms with Crippen LogP contribution < -0.4 is 5.32 Å². The third-order valence-corrected chi connectivity index (χ3v) is 4.83. The molecule has 0 aromatic heterocycles. The molecule has 3 rings (SSSR count). The van der Waals surface area contributed by atoms with Crippen LogP contribution in [0.3, 0.4) is 0 Å². The van der Waals surface area contributed by atoms with Crippen LogP contribution in [0, 0.1) is 27.4 Å². The van der Waals surface area contributed by atoms with E-state index >= 15 is 0 Å². The Bertz CT molecular complexity index is 869. The number of hydrogen-bond acceptors (Lipinski definition) is 5. The molecular weight excluding hydrogens is 344 g/mol. The molecule has 1 aliphatic heterocycles. The van der Waals surface area contributed by atoms with Crippen molar-refractivity contribution in [3.05, 3.63) is 69.8 Å². The van der Waals surface area contributed by atoms with Gasteiger partial charge in [-0.05, 0) is 43.0 Å². The first-order valence-electron chi connectivity index (χ1n) is 8.85. The van der Waals surface area contributed by atoms with Gasteiger partial charge < -0.3 is 10.2 Å². The highest BCUT2D eigenvalue weighted by molar-refractivity contribution is 5.94. The number of nitrogens with one attached hydrogen (secondary N) is 1. The van der Waals surface area contributed by atoms with Crippen molar-refractivity contribution in [2.24, 2.45) is 5.92 Å². The van der Waals surface area contributed by atoms with Crippen LogP contribution in [0.15, 0.2) is 48.5 Å². The molecule has 0 saturated carbocycles. The number of nitriles is 1. The number of amides is 1. The van der Waals surface area contributed by atoms with E-state index in [9.17, 15) is 14.9 Å². The second-order valence-corrected chi connectivity index (χ2v) is 6.58. The van der Waals surface area contributed by atoms with Crippen molar-refractivity contribution in [1.82, 2.24) is 4.90 Å². The number of carbonyl (C=O) groups excluding carboxylic acids is 1. The standard InChI is InChI=1S/C20H20N4O3/c21-13-16-6-7-18(19(12-16)24(26)27)22-14-15-8-10-23(11-9-15)20(25)17-4-2-1-3-5-17/h1-7,12,15,22H,8-11,14H2. The number of nitrogens with zero attached hydrogens (tertiary/aromatic N) is 3. The maximum atomic E-state index is 12.5. The number of hydrogen-bond donors (Lipinski definition) is 1. The zero-order chi connectivity index (χ0) is 19.2. The molecule has 7 nitrogen and oxygen atoms in total. The summed E-state index contributed by atoms with van der Waals surface area (Å²) in [7, 11) is 0. The number of likely N-dealkylation sites (tertiary alicyclic amines) is 1. The van der Waals surface area contributed by atoms with Crippen LogP contribution in [0.25, 0.3) is 0 Å². The van der Waals surface area contributed by atoms with E-state index in [1.807, 2.05) is 41.3 Å². The van der Waals surface area contributed by atoms with Gasteiger partial charge in [0, 0.05) is 31.3 Å². The third kappa shape index (κ3) is 4.42. The Balaban J connectivity index is 1.55. The largest absolute Gasteiger partial charge is 0.379 e. The monoisotopic (exact) mass is 364 g/mol. The minimum atomic E-state index is -0.482. The zero-order valence-electron chi connectivity index (χ0n) is 14.8. The first-order valence-corrected chi connectivity index (χ1v) is 8.85. The summed E-state index contributed by atoms with van der Waals surface area (Å²) in [5.74, 6) is 0.379. The van der Waals surface area contributed by atoms with E-state index in [1.165, 1.54) is 6.07 Å². The Morgan fingerprint density at radius 2 is 1.93 bits per heavy atom. The summed E-state index contributed by atoms with van der Waals surface area (Å²) < 4.78 is 0. The molecule has 1 N–H and O–H groups in total. The van der Waals surface area contributed by atoms with E-state index in [0.29, 0.717) is 36.8 Å². The quantitative estimate of drug-likeness (QED) is 0.647. The molecule has 1 heterocycles. The fraction of sp³-hybridized carbons (Fsp3) is 0.300. The summed E-state index contributed by atoms with van der Waals surface area (Å²) in [6.07, 6.45) is 1.69. The molecule has 1 fully saturated rings. The van der Waals surface area contributed by atoms with E-state index < -0.39 is 4.92 Å². The Hall–Kier alpha value is -3.40. The molecule has 0 bridgehead atoms. The van der Waals surface area contributed by atoms with Crippen LogP contribution in [0.4, 0.5) is 11.4 Å². The minimum Gasteiger partial charge on any atom is -0.379 e. The second-order valence-electron chi connectivity index (χ2n) is 6.58. The van der Waals surface area contributed by atoms with Crippen LogP contribution in [0.1, 0.15) is 28.8 Å². The minimum absolute atomic E-state index is 0.0461. The summed E-state index contributed by atoms with van der Waals surface area (Å²) in [5.41, 5.74) is 1.29. The Kier molecular flexibility index (Phi) is 5.67. The molecule has 0 aliphatic carbocycles. The normalized spacial score (nSPS) is 14.4. The summed E-state index contributed by atoms with van der Waals surface area (Å²) >= 11 is 0. The van der Waals surface area contributed by atoms with Crippen molar-refractivity contribution in [2.45, 2.75) is 12.8 Å². The highest BCUT2D eigenvalue weighted by Gasteiger charge is 2.24. The van der Waals surface area contributed by atoms with Crippen molar-refractivity contribution in [3.8, 4) is 6.07 Å². The fourth-order valence-electron chi connectivity index (χ4n) is 3.26. The maximum absolute atomic E-state index is 12.5. The van der Waals surface area contributed by atoms with E-state index in [-0.39, 0.29) is 17.2 Å². The maximum Gasteiger partial charge on any atom is 0.293 e. The lowest BCUT2D eigenvalue weighted by Gasteiger charge is -2.32. The predicted octanol–water partition coefficient (Wildman–Crippen LogP) is 3.43. The number of rotatable bonds is 5. The van der Waals surface area contributed by atoms with Crippen LogP contribution in [0.5, 0.6) is 0 Å². The van der Waals surface area contributed by atoms with Gasteiger partial charge in [-0.1, -0.05) is 18.2 Å².